The number of halogens is 1. The van der Waals surface area contributed by atoms with Crippen LogP contribution >= 0.6 is 11.6 Å². The second-order valence-electron chi connectivity index (χ2n) is 7.88. The summed E-state index contributed by atoms with van der Waals surface area (Å²) in [5.74, 6) is -0.0955. The van der Waals surface area contributed by atoms with E-state index in [9.17, 15) is 13.2 Å². The van der Waals surface area contributed by atoms with E-state index in [0.717, 1.165) is 29.7 Å². The van der Waals surface area contributed by atoms with Crippen molar-refractivity contribution in [1.82, 2.24) is 4.31 Å². The van der Waals surface area contributed by atoms with E-state index in [1.54, 1.807) is 6.07 Å². The zero-order valence-corrected chi connectivity index (χ0v) is 20.4. The van der Waals surface area contributed by atoms with Crippen molar-refractivity contribution in [3.8, 4) is 5.75 Å². The van der Waals surface area contributed by atoms with Crippen LogP contribution < -0.4 is 10.1 Å². The molecular weight excluding hydrogens is 448 g/mol. The van der Waals surface area contributed by atoms with Gasteiger partial charge in [0.05, 0.1) is 22.4 Å². The van der Waals surface area contributed by atoms with Gasteiger partial charge in [-0.25, -0.2) is 8.42 Å². The first-order chi connectivity index (χ1) is 15.3. The molecule has 1 aliphatic rings. The Morgan fingerprint density at radius 1 is 1.16 bits per heavy atom. The smallest absolute Gasteiger partial charge is 0.243 e. The summed E-state index contributed by atoms with van der Waals surface area (Å²) in [4.78, 5) is 13.2. The third-order valence-corrected chi connectivity index (χ3v) is 8.00. The average Bonchev–Trinajstić information content (AvgIpc) is 2.80. The van der Waals surface area contributed by atoms with Crippen molar-refractivity contribution in [3.05, 3.63) is 52.5 Å². The molecule has 1 N–H and O–H groups in total. The van der Waals surface area contributed by atoms with E-state index in [4.69, 9.17) is 16.3 Å². The summed E-state index contributed by atoms with van der Waals surface area (Å²) < 4.78 is 33.2. The van der Waals surface area contributed by atoms with Gasteiger partial charge in [-0.3, -0.25) is 4.79 Å². The van der Waals surface area contributed by atoms with Gasteiger partial charge in [0, 0.05) is 18.8 Å². The van der Waals surface area contributed by atoms with Crippen LogP contribution in [0.15, 0.2) is 41.3 Å². The van der Waals surface area contributed by atoms with Gasteiger partial charge in [0.1, 0.15) is 5.75 Å². The fourth-order valence-corrected chi connectivity index (χ4v) is 5.92. The van der Waals surface area contributed by atoms with Gasteiger partial charge in [-0.2, -0.15) is 4.31 Å². The minimum atomic E-state index is -3.77. The van der Waals surface area contributed by atoms with Crippen molar-refractivity contribution in [2.24, 2.45) is 5.92 Å². The van der Waals surface area contributed by atoms with Crippen LogP contribution in [0.5, 0.6) is 5.75 Å². The van der Waals surface area contributed by atoms with Crippen molar-refractivity contribution in [2.75, 3.05) is 25.0 Å². The average molecular weight is 479 g/mol. The second-order valence-corrected chi connectivity index (χ2v) is 10.2. The van der Waals surface area contributed by atoms with Crippen molar-refractivity contribution >= 4 is 33.2 Å². The molecule has 32 heavy (non-hydrogen) atoms. The third kappa shape index (κ3) is 5.27. The number of nitrogens with one attached hydrogen (secondary N) is 1. The number of benzene rings is 2. The number of piperidine rings is 1. The molecule has 0 spiro atoms. The molecule has 1 saturated heterocycles. The highest BCUT2D eigenvalue weighted by Gasteiger charge is 2.34. The molecule has 2 aromatic carbocycles. The molecule has 1 fully saturated rings. The minimum absolute atomic E-state index is 0.108. The van der Waals surface area contributed by atoms with Crippen LogP contribution in [0.3, 0.4) is 0 Å². The SMILES string of the molecule is CCOc1ccc(S(=O)(=O)N2CCC[C@@H](C(=O)Nc3c(CC)cccc3CC)C2)cc1Cl. The molecule has 0 radical (unpaired) electrons. The van der Waals surface area contributed by atoms with E-state index < -0.39 is 15.9 Å². The number of anilines is 1. The van der Waals surface area contributed by atoms with Gasteiger partial charge in [0.15, 0.2) is 0 Å². The maximum absolute atomic E-state index is 13.2. The van der Waals surface area contributed by atoms with Crippen LogP contribution in [0.25, 0.3) is 0 Å². The summed E-state index contributed by atoms with van der Waals surface area (Å²) in [5.41, 5.74) is 3.03. The van der Waals surface area contributed by atoms with Gasteiger partial charge in [-0.05, 0) is 61.9 Å². The summed E-state index contributed by atoms with van der Waals surface area (Å²) in [7, 11) is -3.77. The van der Waals surface area contributed by atoms with Gasteiger partial charge < -0.3 is 10.1 Å². The standard InChI is InChI=1S/C24H31ClN2O4S/c1-4-17-9-7-10-18(5-2)23(17)26-24(28)19-11-8-14-27(16-19)32(29,30)20-12-13-22(31-6-3)21(25)15-20/h7,9-10,12-13,15,19H,4-6,8,11,14,16H2,1-3H3,(H,26,28)/t19-/m1/s1. The Kier molecular flexibility index (Phi) is 8.20. The first-order valence-electron chi connectivity index (χ1n) is 11.2. The second kappa shape index (κ2) is 10.7. The molecule has 0 aromatic heterocycles. The van der Waals surface area contributed by atoms with Gasteiger partial charge >= 0.3 is 0 Å². The quantitative estimate of drug-likeness (QED) is 0.585. The van der Waals surface area contributed by atoms with Crippen LogP contribution in [0.1, 0.15) is 44.7 Å². The monoisotopic (exact) mass is 478 g/mol. The Morgan fingerprint density at radius 3 is 2.44 bits per heavy atom. The Morgan fingerprint density at radius 2 is 1.84 bits per heavy atom. The molecule has 0 bridgehead atoms. The first-order valence-corrected chi connectivity index (χ1v) is 13.0. The van der Waals surface area contributed by atoms with E-state index >= 15 is 0 Å². The van der Waals surface area contributed by atoms with E-state index in [0.29, 0.717) is 31.7 Å². The Hall–Kier alpha value is -2.09. The van der Waals surface area contributed by atoms with Crippen molar-refractivity contribution < 1.29 is 17.9 Å². The number of amides is 1. The number of hydrogen-bond acceptors (Lipinski definition) is 4. The molecule has 0 unspecified atom stereocenters. The number of sulfonamides is 1. The summed E-state index contributed by atoms with van der Waals surface area (Å²) in [6, 6.07) is 10.5. The summed E-state index contributed by atoms with van der Waals surface area (Å²) in [5, 5.41) is 3.35. The van der Waals surface area contributed by atoms with Gasteiger partial charge in [0.2, 0.25) is 15.9 Å². The number of ether oxygens (including phenoxy) is 1. The van der Waals surface area contributed by atoms with E-state index in [-0.39, 0.29) is 22.4 Å². The highest BCUT2D eigenvalue weighted by atomic mass is 35.5. The Balaban J connectivity index is 1.78. The number of carbonyl (C=O) groups is 1. The molecule has 0 aliphatic carbocycles. The largest absolute Gasteiger partial charge is 0.492 e. The van der Waals surface area contributed by atoms with Gasteiger partial charge in [0.25, 0.3) is 0 Å². The number of hydrogen-bond donors (Lipinski definition) is 1. The van der Waals surface area contributed by atoms with Crippen LogP contribution in [0.4, 0.5) is 5.69 Å². The van der Waals surface area contributed by atoms with Crippen LogP contribution in [-0.4, -0.2) is 38.3 Å². The van der Waals surface area contributed by atoms with Crippen molar-refractivity contribution in [1.29, 1.82) is 0 Å². The lowest BCUT2D eigenvalue weighted by atomic mass is 9.97. The topological polar surface area (TPSA) is 75.7 Å². The lowest BCUT2D eigenvalue weighted by Gasteiger charge is -2.31. The Labute approximate surface area is 196 Å². The molecule has 6 nitrogen and oxygen atoms in total. The van der Waals surface area contributed by atoms with E-state index in [1.807, 2.05) is 25.1 Å². The van der Waals surface area contributed by atoms with Crippen LogP contribution in [0, 0.1) is 5.92 Å². The fraction of sp³-hybridized carbons (Fsp3) is 0.458. The fourth-order valence-electron chi connectivity index (χ4n) is 4.07. The summed E-state index contributed by atoms with van der Waals surface area (Å²) in [6.45, 7) is 6.91. The number of carbonyl (C=O) groups excluding carboxylic acids is 1. The highest BCUT2D eigenvalue weighted by Crippen LogP contribution is 2.31. The van der Waals surface area contributed by atoms with Crippen molar-refractivity contribution in [2.45, 2.75) is 51.3 Å². The zero-order valence-electron chi connectivity index (χ0n) is 18.9. The molecule has 1 atom stereocenters. The molecule has 1 amide bonds. The number of rotatable bonds is 8. The maximum Gasteiger partial charge on any atom is 0.243 e. The molecule has 3 rings (SSSR count). The van der Waals surface area contributed by atoms with E-state index in [1.165, 1.54) is 16.4 Å². The molecule has 1 aliphatic heterocycles. The van der Waals surface area contributed by atoms with Crippen molar-refractivity contribution in [3.63, 3.8) is 0 Å². The van der Waals surface area contributed by atoms with Crippen LogP contribution in [0.2, 0.25) is 5.02 Å². The minimum Gasteiger partial charge on any atom is -0.492 e. The number of nitrogens with zero attached hydrogens (tertiary/aromatic N) is 1. The van der Waals surface area contributed by atoms with Gasteiger partial charge in [-0.1, -0.05) is 43.6 Å². The first kappa shape index (κ1) is 24.6. The molecular formula is C24H31ClN2O4S. The highest BCUT2D eigenvalue weighted by molar-refractivity contribution is 7.89. The summed E-state index contributed by atoms with van der Waals surface area (Å²) in [6.07, 6.45) is 2.90. The molecule has 1 heterocycles. The molecule has 8 heteroatoms. The molecule has 2 aromatic rings. The molecule has 174 valence electrons. The maximum atomic E-state index is 13.2. The lowest BCUT2D eigenvalue weighted by molar-refractivity contribution is -0.120. The Bertz CT molecular complexity index is 1050. The third-order valence-electron chi connectivity index (χ3n) is 5.84. The number of para-hydroxylation sites is 1. The normalized spacial score (nSPS) is 17.2. The molecule has 0 saturated carbocycles. The predicted molar refractivity (Wildman–Crippen MR) is 128 cm³/mol. The zero-order chi connectivity index (χ0) is 23.3. The van der Waals surface area contributed by atoms with Crippen LogP contribution in [-0.2, 0) is 27.7 Å². The van der Waals surface area contributed by atoms with E-state index in [2.05, 4.69) is 19.2 Å². The summed E-state index contributed by atoms with van der Waals surface area (Å²) >= 11 is 6.21. The predicted octanol–water partition coefficient (Wildman–Crippen LogP) is 4.90. The lowest BCUT2D eigenvalue weighted by Crippen LogP contribution is -2.43. The number of aryl methyl sites for hydroxylation is 2. The van der Waals surface area contributed by atoms with Gasteiger partial charge in [-0.15, -0.1) is 0 Å².